The predicted molar refractivity (Wildman–Crippen MR) is 110 cm³/mol. The molecule has 0 radical (unpaired) electrons. The zero-order chi connectivity index (χ0) is 21.8. The van der Waals surface area contributed by atoms with E-state index in [0.717, 1.165) is 36.9 Å². The van der Waals surface area contributed by atoms with Crippen LogP contribution in [0, 0.1) is 11.6 Å². The summed E-state index contributed by atoms with van der Waals surface area (Å²) >= 11 is 0. The highest BCUT2D eigenvalue weighted by Gasteiger charge is 2.49. The molecule has 164 valence electrons. The average molecular weight is 429 g/mol. The van der Waals surface area contributed by atoms with Crippen LogP contribution in [0.5, 0.6) is 0 Å². The first-order valence-electron chi connectivity index (χ1n) is 10.4. The second kappa shape index (κ2) is 9.07. The Morgan fingerprint density at radius 1 is 1.19 bits per heavy atom. The fraction of sp³-hybridized carbons (Fsp3) is 0.409. The number of piperidine rings is 1. The molecule has 2 amide bonds. The van der Waals surface area contributed by atoms with Crippen LogP contribution in [-0.4, -0.2) is 65.0 Å². The molecule has 2 fully saturated rings. The summed E-state index contributed by atoms with van der Waals surface area (Å²) in [7, 11) is 0. The number of likely N-dealkylation sites (tertiary alicyclic amines) is 1. The van der Waals surface area contributed by atoms with Gasteiger partial charge in [-0.25, -0.2) is 8.78 Å². The molecule has 7 nitrogen and oxygen atoms in total. The Kier molecular flexibility index (Phi) is 6.24. The smallest absolute Gasteiger partial charge is 0.251 e. The average Bonchev–Trinajstić information content (AvgIpc) is 3.04. The number of carbonyl (C=O) groups excluding carboxylic acids is 2. The monoisotopic (exact) mass is 429 g/mol. The van der Waals surface area contributed by atoms with Gasteiger partial charge in [0.1, 0.15) is 17.2 Å². The van der Waals surface area contributed by atoms with Gasteiger partial charge in [-0.2, -0.15) is 0 Å². The third-order valence-corrected chi connectivity index (χ3v) is 6.08. The van der Waals surface area contributed by atoms with Crippen LogP contribution in [-0.2, 0) is 11.3 Å². The maximum atomic E-state index is 13.3. The topological polar surface area (TPSA) is 77.6 Å². The molecule has 0 atom stereocenters. The number of hydrogen-bond acceptors (Lipinski definition) is 5. The Bertz CT molecular complexity index is 928. The molecular formula is C22H25F2N5O2. The highest BCUT2D eigenvalue weighted by molar-refractivity contribution is 5.94. The van der Waals surface area contributed by atoms with Crippen LogP contribution >= 0.6 is 0 Å². The lowest BCUT2D eigenvalue weighted by Crippen LogP contribution is -2.56. The number of hydrogen-bond donors (Lipinski definition) is 2. The molecule has 2 aliphatic heterocycles. The third kappa shape index (κ3) is 4.72. The van der Waals surface area contributed by atoms with Crippen molar-refractivity contribution in [1.29, 1.82) is 0 Å². The minimum Gasteiger partial charge on any atom is -0.351 e. The zero-order valence-electron chi connectivity index (χ0n) is 17.1. The SMILES string of the molecule is O=C(NCCN1CCC2(CC1)C(=O)NCN2Cc1cccnc1)c1cc(F)cc(F)c1. The second-order valence-electron chi connectivity index (χ2n) is 8.01. The predicted octanol–water partition coefficient (Wildman–Crippen LogP) is 1.51. The lowest BCUT2D eigenvalue weighted by atomic mass is 9.86. The molecule has 0 unspecified atom stereocenters. The number of carbonyl (C=O) groups is 2. The van der Waals surface area contributed by atoms with Crippen LogP contribution in [0.3, 0.4) is 0 Å². The number of pyridine rings is 1. The Balaban J connectivity index is 1.28. The highest BCUT2D eigenvalue weighted by Crippen LogP contribution is 2.33. The van der Waals surface area contributed by atoms with Gasteiger partial charge in [0.05, 0.1) is 6.67 Å². The van der Waals surface area contributed by atoms with Gasteiger partial charge in [-0.3, -0.25) is 19.5 Å². The Hall–Kier alpha value is -2.91. The Labute approximate surface area is 179 Å². The summed E-state index contributed by atoms with van der Waals surface area (Å²) in [4.78, 5) is 33.3. The molecule has 31 heavy (non-hydrogen) atoms. The van der Waals surface area contributed by atoms with E-state index in [-0.39, 0.29) is 11.5 Å². The molecule has 3 heterocycles. The van der Waals surface area contributed by atoms with Crippen molar-refractivity contribution in [2.45, 2.75) is 24.9 Å². The van der Waals surface area contributed by atoms with Crippen LogP contribution < -0.4 is 10.6 Å². The molecule has 1 aromatic heterocycles. The van der Waals surface area contributed by atoms with E-state index in [1.165, 1.54) is 0 Å². The summed E-state index contributed by atoms with van der Waals surface area (Å²) in [6.07, 6.45) is 4.94. The van der Waals surface area contributed by atoms with E-state index in [2.05, 4.69) is 25.4 Å². The molecule has 2 saturated heterocycles. The van der Waals surface area contributed by atoms with Gasteiger partial charge in [-0.15, -0.1) is 0 Å². The number of benzene rings is 1. The normalized spacial score (nSPS) is 18.8. The van der Waals surface area contributed by atoms with Gasteiger partial charge in [0.25, 0.3) is 5.91 Å². The van der Waals surface area contributed by atoms with E-state index in [0.29, 0.717) is 39.1 Å². The molecule has 1 spiro atoms. The summed E-state index contributed by atoms with van der Waals surface area (Å²) in [6.45, 7) is 3.59. The summed E-state index contributed by atoms with van der Waals surface area (Å²) in [5, 5.41) is 5.68. The summed E-state index contributed by atoms with van der Waals surface area (Å²) < 4.78 is 26.6. The number of aromatic nitrogens is 1. The standard InChI is InChI=1S/C22H25F2N5O2/c23-18-10-17(11-19(24)12-18)20(30)26-6-9-28-7-3-22(4-8-28)21(31)27-15-29(22)14-16-2-1-5-25-13-16/h1-2,5,10-13H,3-4,6-9,14-15H2,(H,26,30)(H,27,31). The molecule has 2 N–H and O–H groups in total. The van der Waals surface area contributed by atoms with Crippen molar-refractivity contribution >= 4 is 11.8 Å². The lowest BCUT2D eigenvalue weighted by Gasteiger charge is -2.42. The molecule has 2 aromatic rings. The van der Waals surface area contributed by atoms with Crippen LogP contribution in [0.1, 0.15) is 28.8 Å². The molecule has 4 rings (SSSR count). The molecular weight excluding hydrogens is 404 g/mol. The second-order valence-corrected chi connectivity index (χ2v) is 8.01. The Morgan fingerprint density at radius 3 is 2.61 bits per heavy atom. The van der Waals surface area contributed by atoms with Gasteiger partial charge in [0, 0.05) is 56.7 Å². The van der Waals surface area contributed by atoms with Gasteiger partial charge in [-0.1, -0.05) is 6.07 Å². The number of halogens is 2. The first kappa shape index (κ1) is 21.3. The lowest BCUT2D eigenvalue weighted by molar-refractivity contribution is -0.129. The van der Waals surface area contributed by atoms with Gasteiger partial charge < -0.3 is 15.5 Å². The molecule has 9 heteroatoms. The molecule has 0 bridgehead atoms. The van der Waals surface area contributed by atoms with Crippen LogP contribution in [0.4, 0.5) is 8.78 Å². The van der Waals surface area contributed by atoms with Crippen molar-refractivity contribution in [3.8, 4) is 0 Å². The summed E-state index contributed by atoms with van der Waals surface area (Å²) in [5.74, 6) is -2.00. The number of rotatable bonds is 6. The minimum absolute atomic E-state index is 0.0382. The van der Waals surface area contributed by atoms with E-state index >= 15 is 0 Å². The van der Waals surface area contributed by atoms with Crippen LogP contribution in [0.25, 0.3) is 0 Å². The van der Waals surface area contributed by atoms with Crippen molar-refractivity contribution in [3.05, 3.63) is 65.5 Å². The molecule has 0 saturated carbocycles. The first-order chi connectivity index (χ1) is 15.0. The van der Waals surface area contributed by atoms with E-state index in [1.807, 2.05) is 18.3 Å². The molecule has 2 aliphatic rings. The van der Waals surface area contributed by atoms with E-state index < -0.39 is 23.1 Å². The number of amides is 2. The van der Waals surface area contributed by atoms with Crippen molar-refractivity contribution in [2.24, 2.45) is 0 Å². The van der Waals surface area contributed by atoms with Crippen molar-refractivity contribution in [1.82, 2.24) is 25.4 Å². The maximum Gasteiger partial charge on any atom is 0.251 e. The first-order valence-corrected chi connectivity index (χ1v) is 10.4. The summed E-state index contributed by atoms with van der Waals surface area (Å²) in [6, 6.07) is 6.66. The highest BCUT2D eigenvalue weighted by atomic mass is 19.1. The van der Waals surface area contributed by atoms with Gasteiger partial charge >= 0.3 is 0 Å². The number of nitrogens with one attached hydrogen (secondary N) is 2. The van der Waals surface area contributed by atoms with E-state index in [1.54, 1.807) is 6.20 Å². The number of nitrogens with zero attached hydrogens (tertiary/aromatic N) is 3. The quantitative estimate of drug-likeness (QED) is 0.728. The minimum atomic E-state index is -0.780. The zero-order valence-corrected chi connectivity index (χ0v) is 17.1. The van der Waals surface area contributed by atoms with Gasteiger partial charge in [-0.05, 0) is 36.6 Å². The van der Waals surface area contributed by atoms with Crippen molar-refractivity contribution < 1.29 is 18.4 Å². The van der Waals surface area contributed by atoms with Crippen LogP contribution in [0.2, 0.25) is 0 Å². The Morgan fingerprint density at radius 2 is 1.94 bits per heavy atom. The molecule has 1 aromatic carbocycles. The summed E-state index contributed by atoms with van der Waals surface area (Å²) in [5.41, 5.74) is 0.510. The van der Waals surface area contributed by atoms with Gasteiger partial charge in [0.2, 0.25) is 5.91 Å². The largest absolute Gasteiger partial charge is 0.351 e. The van der Waals surface area contributed by atoms with E-state index in [9.17, 15) is 18.4 Å². The molecule has 0 aliphatic carbocycles. The fourth-order valence-electron chi connectivity index (χ4n) is 4.35. The van der Waals surface area contributed by atoms with Crippen molar-refractivity contribution in [2.75, 3.05) is 32.8 Å². The van der Waals surface area contributed by atoms with E-state index in [4.69, 9.17) is 0 Å². The van der Waals surface area contributed by atoms with Crippen LogP contribution in [0.15, 0.2) is 42.7 Å². The fourth-order valence-corrected chi connectivity index (χ4v) is 4.35. The van der Waals surface area contributed by atoms with Gasteiger partial charge in [0.15, 0.2) is 0 Å². The van der Waals surface area contributed by atoms with Crippen molar-refractivity contribution in [3.63, 3.8) is 0 Å². The third-order valence-electron chi connectivity index (χ3n) is 6.08. The maximum absolute atomic E-state index is 13.3.